The van der Waals surface area contributed by atoms with Gasteiger partial charge in [0.05, 0.1) is 0 Å². The number of alkyl carbamates (subject to hydrolysis) is 2. The summed E-state index contributed by atoms with van der Waals surface area (Å²) in [6.45, 7) is 15.3. The van der Waals surface area contributed by atoms with Gasteiger partial charge in [-0.1, -0.05) is 0 Å². The number of nitrogens with one attached hydrogen (secondary N) is 2. The summed E-state index contributed by atoms with van der Waals surface area (Å²) in [7, 11) is 0. The first-order valence-electron chi connectivity index (χ1n) is 24.0. The highest BCUT2D eigenvalue weighted by Crippen LogP contribution is 2.50. The number of nitrogens with zero attached hydrogens (tertiary/aromatic N) is 6. The van der Waals surface area contributed by atoms with Crippen LogP contribution in [0.5, 0.6) is 0 Å². The van der Waals surface area contributed by atoms with E-state index in [1.54, 1.807) is 19.6 Å². The largest absolute Gasteiger partial charge is 0.446 e. The average molecular weight is 897 g/mol. The molecule has 2 heterocycles. The van der Waals surface area contributed by atoms with Crippen LogP contribution in [-0.4, -0.2) is 156 Å². The first kappa shape index (κ1) is 47.3. The number of amides is 8. The quantitative estimate of drug-likeness (QED) is 0.266. The molecule has 0 aromatic heterocycles. The van der Waals surface area contributed by atoms with Crippen molar-refractivity contribution in [1.29, 1.82) is 0 Å². The Bertz CT molecular complexity index is 1660. The van der Waals surface area contributed by atoms with Crippen LogP contribution in [0.25, 0.3) is 0 Å². The maximum atomic E-state index is 13.2. The van der Waals surface area contributed by atoms with Gasteiger partial charge < -0.3 is 49.2 Å². The summed E-state index contributed by atoms with van der Waals surface area (Å²) in [5.74, 6) is 1.96. The van der Waals surface area contributed by atoms with Crippen LogP contribution in [0.3, 0.4) is 0 Å². The number of fused-ring (bicyclic) bond motifs is 2. The van der Waals surface area contributed by atoms with Crippen molar-refractivity contribution in [2.24, 2.45) is 45.5 Å². The van der Waals surface area contributed by atoms with E-state index in [0.717, 1.165) is 62.8 Å². The van der Waals surface area contributed by atoms with E-state index in [0.29, 0.717) is 127 Å². The Morgan fingerprint density at radius 3 is 1.19 bits per heavy atom. The highest BCUT2D eigenvalue weighted by Gasteiger charge is 2.51. The Labute approximate surface area is 377 Å². The lowest BCUT2D eigenvalue weighted by Gasteiger charge is -2.35. The lowest BCUT2D eigenvalue weighted by Crippen LogP contribution is -2.50. The molecule has 6 atom stereocenters. The third kappa shape index (κ3) is 13.2. The molecule has 5 saturated carbocycles. The van der Waals surface area contributed by atoms with Gasteiger partial charge in [-0.25, -0.2) is 38.8 Å². The van der Waals surface area contributed by atoms with Crippen molar-refractivity contribution in [2.75, 3.05) is 65.4 Å². The monoisotopic (exact) mass is 897 g/mol. The fourth-order valence-electron chi connectivity index (χ4n) is 10.2. The molecule has 0 aromatic rings. The zero-order chi connectivity index (χ0) is 45.8. The second kappa shape index (κ2) is 20.3. The average Bonchev–Trinajstić information content (AvgIpc) is 4.13. The number of rotatable bonds is 6. The zero-order valence-corrected chi connectivity index (χ0v) is 38.9. The van der Waals surface area contributed by atoms with Crippen LogP contribution < -0.4 is 10.6 Å². The first-order chi connectivity index (χ1) is 30.4. The van der Waals surface area contributed by atoms with E-state index in [2.05, 4.69) is 20.6 Å². The van der Waals surface area contributed by atoms with Crippen molar-refractivity contribution < 1.29 is 47.7 Å². The number of hydrogen-bond donors (Lipinski definition) is 2. The molecule has 356 valence electrons. The van der Waals surface area contributed by atoms with Crippen molar-refractivity contribution in [3.8, 4) is 0 Å². The third-order valence-electron chi connectivity index (χ3n) is 13.8. The standard InChI is InChI=1S/C46H72N8O10/c1-45(2,3)63-41(57)47-27-29-13-15-33-35(25-29)37(33)49-39(55)51-17-21-53(22-18-51)43(59)61-31-9-7-11-32(12-8-10-31)62-44(60)54-23-19-52(20-24-54)40(56)50-38-34-16-14-30(26-36(34)38)28-48-42(58)64-46(4,5)6/h29-36H,7-28H2,1-6H3,(H,47,57)(H,48,58)/t29-,30?,31?,32?,33+,34+,35-,36+/m0/s1. The van der Waals surface area contributed by atoms with E-state index in [1.165, 1.54) is 0 Å². The zero-order valence-electron chi connectivity index (χ0n) is 38.9. The molecular weight excluding hydrogens is 825 g/mol. The molecule has 1 unspecified atom stereocenters. The molecule has 5 aliphatic carbocycles. The molecule has 18 heteroatoms. The fraction of sp³-hybridized carbons (Fsp3) is 0.826. The Balaban J connectivity index is 0.741. The van der Waals surface area contributed by atoms with Crippen LogP contribution in [0, 0.1) is 35.5 Å². The van der Waals surface area contributed by atoms with E-state index >= 15 is 0 Å². The van der Waals surface area contributed by atoms with Crippen LogP contribution >= 0.6 is 0 Å². The van der Waals surface area contributed by atoms with Crippen molar-refractivity contribution in [2.45, 2.75) is 142 Å². The molecule has 8 amide bonds. The van der Waals surface area contributed by atoms with Gasteiger partial charge in [0.25, 0.3) is 0 Å². The molecular formula is C46H72N8O10. The van der Waals surface area contributed by atoms with Crippen LogP contribution in [0.2, 0.25) is 0 Å². The maximum absolute atomic E-state index is 13.2. The van der Waals surface area contributed by atoms with Crippen molar-refractivity contribution in [1.82, 2.24) is 30.2 Å². The van der Waals surface area contributed by atoms with E-state index in [-0.39, 0.29) is 36.5 Å². The predicted octanol–water partition coefficient (Wildman–Crippen LogP) is 6.85. The lowest BCUT2D eigenvalue weighted by molar-refractivity contribution is 0.0199. The minimum atomic E-state index is -0.537. The van der Waals surface area contributed by atoms with Gasteiger partial charge >= 0.3 is 36.4 Å². The molecule has 18 nitrogen and oxygen atoms in total. The molecule has 7 fully saturated rings. The third-order valence-corrected chi connectivity index (χ3v) is 13.8. The van der Waals surface area contributed by atoms with Crippen molar-refractivity contribution in [3.05, 3.63) is 0 Å². The Hall–Kier alpha value is -4.64. The molecule has 2 aliphatic heterocycles. The van der Waals surface area contributed by atoms with Gasteiger partial charge in [-0.2, -0.15) is 0 Å². The predicted molar refractivity (Wildman–Crippen MR) is 237 cm³/mol. The van der Waals surface area contributed by atoms with Gasteiger partial charge in [0.2, 0.25) is 0 Å². The summed E-state index contributed by atoms with van der Waals surface area (Å²) in [5.41, 5.74) is 0.871. The summed E-state index contributed by atoms with van der Waals surface area (Å²) in [6, 6.07) is -0.485. The van der Waals surface area contributed by atoms with Gasteiger partial charge in [0.15, 0.2) is 0 Å². The number of hydrogen-bond acceptors (Lipinski definition) is 10. The van der Waals surface area contributed by atoms with Crippen LogP contribution in [0.15, 0.2) is 9.98 Å². The molecule has 2 saturated heterocycles. The summed E-state index contributed by atoms with van der Waals surface area (Å²) in [5, 5.41) is 5.77. The van der Waals surface area contributed by atoms with Gasteiger partial charge in [-0.15, -0.1) is 0 Å². The second-order valence-electron chi connectivity index (χ2n) is 21.0. The number of ether oxygens (including phenoxy) is 4. The molecule has 0 aromatic carbocycles. The van der Waals surface area contributed by atoms with Gasteiger partial charge in [-0.05, 0) is 130 Å². The van der Waals surface area contributed by atoms with E-state index in [4.69, 9.17) is 18.9 Å². The minimum absolute atomic E-state index is 0.215. The Morgan fingerprint density at radius 1 is 0.500 bits per heavy atom. The summed E-state index contributed by atoms with van der Waals surface area (Å²) in [6.07, 6.45) is 8.00. The summed E-state index contributed by atoms with van der Waals surface area (Å²) >= 11 is 0. The molecule has 7 rings (SSSR count). The number of piperazine rings is 2. The Morgan fingerprint density at radius 2 is 0.844 bits per heavy atom. The van der Waals surface area contributed by atoms with E-state index < -0.39 is 23.4 Å². The minimum Gasteiger partial charge on any atom is -0.446 e. The Kier molecular flexibility index (Phi) is 15.0. The van der Waals surface area contributed by atoms with Crippen molar-refractivity contribution in [3.63, 3.8) is 0 Å². The highest BCUT2D eigenvalue weighted by molar-refractivity contribution is 6.10. The van der Waals surface area contributed by atoms with Gasteiger partial charge in [-0.3, -0.25) is 0 Å². The molecule has 0 radical (unpaired) electrons. The second-order valence-corrected chi connectivity index (χ2v) is 21.0. The normalized spacial score (nSPS) is 30.8. The number of carbonyl (C=O) groups is 6. The van der Waals surface area contributed by atoms with Crippen LogP contribution in [0.4, 0.5) is 28.8 Å². The lowest BCUT2D eigenvalue weighted by atomic mass is 9.89. The van der Waals surface area contributed by atoms with Gasteiger partial charge in [0, 0.05) is 101 Å². The number of urea groups is 2. The maximum Gasteiger partial charge on any atom is 0.410 e. The van der Waals surface area contributed by atoms with Crippen LogP contribution in [0.1, 0.15) is 119 Å². The first-order valence-corrected chi connectivity index (χ1v) is 24.0. The van der Waals surface area contributed by atoms with E-state index in [9.17, 15) is 28.8 Å². The summed E-state index contributed by atoms with van der Waals surface area (Å²) in [4.78, 5) is 92.5. The summed E-state index contributed by atoms with van der Waals surface area (Å²) < 4.78 is 22.6. The smallest absolute Gasteiger partial charge is 0.410 e. The van der Waals surface area contributed by atoms with E-state index in [1.807, 2.05) is 41.5 Å². The number of carbonyl (C=O) groups excluding carboxylic acids is 6. The fourth-order valence-corrected chi connectivity index (χ4v) is 10.2. The SMILES string of the molecule is CC(C)(C)OC(=O)NCC1CC[C@H]2C(=NC(=O)N3CCN(C(=O)OC4CCCC(OC(=O)N5CCN(C(=O)N=C6[C@H]7C[C@@H](CNC(=O)OC(C)(C)C)CC[C@@H]67)CC5)CCC4)CC3)[C@@H]2C1. The molecule has 7 aliphatic rings. The van der Waals surface area contributed by atoms with Crippen molar-refractivity contribution >= 4 is 47.9 Å². The molecule has 64 heavy (non-hydrogen) atoms. The molecule has 0 bridgehead atoms. The number of aliphatic imine (C=N–C) groups is 2. The van der Waals surface area contributed by atoms with Gasteiger partial charge in [0.1, 0.15) is 23.4 Å². The topological polar surface area (TPSA) is 201 Å². The molecule has 2 N–H and O–H groups in total. The highest BCUT2D eigenvalue weighted by atomic mass is 16.6. The molecule has 0 spiro atoms. The van der Waals surface area contributed by atoms with Crippen LogP contribution in [-0.2, 0) is 18.9 Å².